The van der Waals surface area contributed by atoms with Crippen molar-refractivity contribution >= 4 is 22.1 Å². The third kappa shape index (κ3) is 2.61. The van der Waals surface area contributed by atoms with Crippen molar-refractivity contribution in [3.05, 3.63) is 54.6 Å². The summed E-state index contributed by atoms with van der Waals surface area (Å²) in [5.41, 5.74) is 1.84. The molecule has 0 atom stereocenters. The van der Waals surface area contributed by atoms with Gasteiger partial charge in [-0.05, 0) is 36.4 Å². The monoisotopic (exact) mass is 233 g/mol. The van der Waals surface area contributed by atoms with Gasteiger partial charge in [-0.3, -0.25) is 0 Å². The molecule has 0 amide bonds. The van der Waals surface area contributed by atoms with Crippen LogP contribution < -0.4 is 5.32 Å². The molecule has 0 saturated heterocycles. The summed E-state index contributed by atoms with van der Waals surface area (Å²) >= 11 is 0. The minimum absolute atomic E-state index is 0.327. The summed E-state index contributed by atoms with van der Waals surface area (Å²) < 4.78 is 21.4. The highest BCUT2D eigenvalue weighted by Crippen LogP contribution is 2.16. The highest BCUT2D eigenvalue weighted by Gasteiger charge is 1.96. The van der Waals surface area contributed by atoms with Crippen LogP contribution in [0.3, 0.4) is 0 Å². The normalized spacial score (nSPS) is 10.3. The molecule has 0 radical (unpaired) electrons. The van der Waals surface area contributed by atoms with Crippen LogP contribution in [0.2, 0.25) is 0 Å². The second-order valence-electron chi connectivity index (χ2n) is 3.30. The van der Waals surface area contributed by atoms with Gasteiger partial charge in [-0.1, -0.05) is 18.2 Å². The molecule has 0 aliphatic carbocycles. The molecule has 0 aliphatic heterocycles. The Morgan fingerprint density at radius 1 is 0.750 bits per heavy atom. The lowest BCUT2D eigenvalue weighted by Crippen LogP contribution is -1.89. The largest absolute Gasteiger partial charge is 0.356 e. The molecule has 0 unspecified atom stereocenters. The zero-order valence-electron chi connectivity index (χ0n) is 8.46. The lowest BCUT2D eigenvalue weighted by molar-refractivity contribution is 0.614. The SMILES string of the molecule is O=[SH](=O)c1ccc(Nc2ccccc2)cc1. The van der Waals surface area contributed by atoms with E-state index in [9.17, 15) is 8.42 Å². The number of hydrogen-bond acceptors (Lipinski definition) is 3. The van der Waals surface area contributed by atoms with E-state index in [1.54, 1.807) is 24.3 Å². The van der Waals surface area contributed by atoms with Crippen molar-refractivity contribution in [2.24, 2.45) is 0 Å². The van der Waals surface area contributed by atoms with Gasteiger partial charge in [-0.25, -0.2) is 8.42 Å². The van der Waals surface area contributed by atoms with Gasteiger partial charge in [0.1, 0.15) is 0 Å². The number of para-hydroxylation sites is 1. The Kier molecular flexibility index (Phi) is 3.22. The number of thiol groups is 1. The van der Waals surface area contributed by atoms with Crippen molar-refractivity contribution in [2.45, 2.75) is 4.90 Å². The summed E-state index contributed by atoms with van der Waals surface area (Å²) in [6, 6.07) is 16.4. The molecule has 1 N–H and O–H groups in total. The maximum atomic E-state index is 10.7. The van der Waals surface area contributed by atoms with Crippen LogP contribution in [-0.2, 0) is 10.7 Å². The summed E-state index contributed by atoms with van der Waals surface area (Å²) in [4.78, 5) is 0.327. The van der Waals surface area contributed by atoms with Gasteiger partial charge >= 0.3 is 0 Å². The van der Waals surface area contributed by atoms with Gasteiger partial charge in [0.2, 0.25) is 0 Å². The van der Waals surface area contributed by atoms with Crippen LogP contribution in [0, 0.1) is 0 Å². The fourth-order valence-electron chi connectivity index (χ4n) is 1.35. The summed E-state index contributed by atoms with van der Waals surface area (Å²) in [5, 5.41) is 3.17. The Hall–Kier alpha value is -1.81. The zero-order chi connectivity index (χ0) is 11.4. The van der Waals surface area contributed by atoms with Crippen molar-refractivity contribution in [2.75, 3.05) is 5.32 Å². The summed E-state index contributed by atoms with van der Waals surface area (Å²) in [5.74, 6) is 0. The van der Waals surface area contributed by atoms with Crippen molar-refractivity contribution in [3.8, 4) is 0 Å². The van der Waals surface area contributed by atoms with Crippen molar-refractivity contribution in [1.29, 1.82) is 0 Å². The van der Waals surface area contributed by atoms with Crippen LogP contribution in [0.15, 0.2) is 59.5 Å². The van der Waals surface area contributed by atoms with Gasteiger partial charge in [-0.2, -0.15) is 0 Å². The molecule has 0 heterocycles. The van der Waals surface area contributed by atoms with E-state index in [0.717, 1.165) is 11.4 Å². The third-order valence-electron chi connectivity index (χ3n) is 2.14. The highest BCUT2D eigenvalue weighted by molar-refractivity contribution is 7.72. The number of hydrogen-bond donors (Lipinski definition) is 2. The second kappa shape index (κ2) is 4.81. The summed E-state index contributed by atoms with van der Waals surface area (Å²) in [6.45, 7) is 0. The molecule has 2 aromatic carbocycles. The van der Waals surface area contributed by atoms with Crippen molar-refractivity contribution in [3.63, 3.8) is 0 Å². The van der Waals surface area contributed by atoms with Gasteiger partial charge in [0.25, 0.3) is 0 Å². The minimum atomic E-state index is -2.50. The molecule has 0 saturated carbocycles. The molecular weight excluding hydrogens is 222 g/mol. The van der Waals surface area contributed by atoms with Crippen LogP contribution in [-0.4, -0.2) is 8.42 Å². The average molecular weight is 233 g/mol. The first kappa shape index (κ1) is 10.7. The Bertz CT molecular complexity index is 525. The standard InChI is InChI=1S/C12H11NO2S/c14-16(15)12-8-6-11(7-9-12)13-10-4-2-1-3-5-10/h1-9,13,16H. The Morgan fingerprint density at radius 3 is 1.88 bits per heavy atom. The van der Waals surface area contributed by atoms with Crippen LogP contribution >= 0.6 is 0 Å². The topological polar surface area (TPSA) is 46.2 Å². The molecule has 0 bridgehead atoms. The molecule has 2 aromatic rings. The third-order valence-corrected chi connectivity index (χ3v) is 2.86. The zero-order valence-corrected chi connectivity index (χ0v) is 9.35. The van der Waals surface area contributed by atoms with E-state index in [4.69, 9.17) is 0 Å². The van der Waals surface area contributed by atoms with Gasteiger partial charge in [0.15, 0.2) is 10.7 Å². The lowest BCUT2D eigenvalue weighted by Gasteiger charge is -2.05. The van der Waals surface area contributed by atoms with E-state index in [0.29, 0.717) is 4.90 Å². The van der Waals surface area contributed by atoms with Crippen LogP contribution in [0.1, 0.15) is 0 Å². The molecule has 0 aliphatic rings. The summed E-state index contributed by atoms with van der Waals surface area (Å²) in [6.07, 6.45) is 0. The first-order valence-electron chi connectivity index (χ1n) is 4.82. The fraction of sp³-hybridized carbons (Fsp3) is 0. The van der Waals surface area contributed by atoms with E-state index in [1.807, 2.05) is 30.3 Å². The van der Waals surface area contributed by atoms with Gasteiger partial charge in [-0.15, -0.1) is 0 Å². The Morgan fingerprint density at radius 2 is 1.31 bits per heavy atom. The maximum Gasteiger partial charge on any atom is 0.168 e. The van der Waals surface area contributed by atoms with Crippen LogP contribution in [0.25, 0.3) is 0 Å². The molecule has 2 rings (SSSR count). The van der Waals surface area contributed by atoms with E-state index in [2.05, 4.69) is 5.32 Å². The molecule has 4 heteroatoms. The Labute approximate surface area is 95.7 Å². The van der Waals surface area contributed by atoms with Crippen LogP contribution in [0.5, 0.6) is 0 Å². The molecule has 0 aromatic heterocycles. The highest BCUT2D eigenvalue weighted by atomic mass is 32.2. The quantitative estimate of drug-likeness (QED) is 0.800. The van der Waals surface area contributed by atoms with Crippen molar-refractivity contribution < 1.29 is 8.42 Å². The average Bonchev–Trinajstić information content (AvgIpc) is 2.31. The first-order valence-corrected chi connectivity index (χ1v) is 6.00. The van der Waals surface area contributed by atoms with E-state index in [-0.39, 0.29) is 0 Å². The molecule has 0 spiro atoms. The number of rotatable bonds is 3. The Balaban J connectivity index is 2.17. The van der Waals surface area contributed by atoms with Gasteiger partial charge in [0.05, 0.1) is 4.90 Å². The molecular formula is C12H11NO2S. The number of nitrogens with one attached hydrogen (secondary N) is 1. The number of anilines is 2. The van der Waals surface area contributed by atoms with Crippen molar-refractivity contribution in [1.82, 2.24) is 0 Å². The van der Waals surface area contributed by atoms with Gasteiger partial charge in [0, 0.05) is 11.4 Å². The van der Waals surface area contributed by atoms with E-state index < -0.39 is 10.7 Å². The van der Waals surface area contributed by atoms with E-state index >= 15 is 0 Å². The molecule has 16 heavy (non-hydrogen) atoms. The molecule has 82 valence electrons. The smallest absolute Gasteiger partial charge is 0.168 e. The lowest BCUT2D eigenvalue weighted by atomic mass is 10.3. The summed E-state index contributed by atoms with van der Waals surface area (Å²) in [7, 11) is -2.50. The van der Waals surface area contributed by atoms with E-state index in [1.165, 1.54) is 0 Å². The number of benzene rings is 2. The fourth-order valence-corrected chi connectivity index (χ4v) is 1.75. The second-order valence-corrected chi connectivity index (χ2v) is 4.33. The van der Waals surface area contributed by atoms with Crippen LogP contribution in [0.4, 0.5) is 11.4 Å². The maximum absolute atomic E-state index is 10.7. The minimum Gasteiger partial charge on any atom is -0.356 e. The molecule has 0 fully saturated rings. The predicted molar refractivity (Wildman–Crippen MR) is 64.7 cm³/mol. The molecule has 3 nitrogen and oxygen atoms in total. The predicted octanol–water partition coefficient (Wildman–Crippen LogP) is 2.40. The first-order chi connectivity index (χ1) is 7.75. The van der Waals surface area contributed by atoms with Gasteiger partial charge < -0.3 is 5.32 Å².